The van der Waals surface area contributed by atoms with E-state index in [2.05, 4.69) is 5.10 Å². The molecule has 0 bridgehead atoms. The number of rotatable bonds is 2. The van der Waals surface area contributed by atoms with Crippen LogP contribution in [-0.2, 0) is 11.8 Å². The van der Waals surface area contributed by atoms with E-state index in [4.69, 9.17) is 22.7 Å². The molecular formula is C12H18N4O2S. The van der Waals surface area contributed by atoms with Crippen molar-refractivity contribution in [1.82, 2.24) is 14.7 Å². The van der Waals surface area contributed by atoms with Gasteiger partial charge >= 0.3 is 0 Å². The molecule has 1 aliphatic heterocycles. The summed E-state index contributed by atoms with van der Waals surface area (Å²) < 4.78 is 7.16. The summed E-state index contributed by atoms with van der Waals surface area (Å²) in [5.41, 5.74) is 7.84. The molecule has 19 heavy (non-hydrogen) atoms. The largest absolute Gasteiger partial charge is 0.391 e. The number of morpholine rings is 1. The highest BCUT2D eigenvalue weighted by Gasteiger charge is 2.29. The molecule has 0 saturated carbocycles. The minimum absolute atomic E-state index is 0.0346. The Bertz CT molecular complexity index is 526. The molecule has 0 spiro atoms. The van der Waals surface area contributed by atoms with Crippen LogP contribution in [0.15, 0.2) is 0 Å². The van der Waals surface area contributed by atoms with Crippen LogP contribution in [0.2, 0.25) is 0 Å². The van der Waals surface area contributed by atoms with Crippen LogP contribution in [-0.4, -0.2) is 51.4 Å². The van der Waals surface area contributed by atoms with Gasteiger partial charge in [-0.25, -0.2) is 0 Å². The lowest BCUT2D eigenvalue weighted by atomic mass is 10.1. The number of thiocarbonyl (C=S) groups is 1. The Hall–Kier alpha value is -1.47. The minimum atomic E-state index is -0.356. The van der Waals surface area contributed by atoms with E-state index in [0.29, 0.717) is 25.3 Å². The van der Waals surface area contributed by atoms with Crippen molar-refractivity contribution < 1.29 is 9.53 Å². The fraction of sp³-hybridized carbons (Fsp3) is 0.583. The number of nitrogens with zero attached hydrogens (tertiary/aromatic N) is 3. The number of hydrogen-bond donors (Lipinski definition) is 1. The summed E-state index contributed by atoms with van der Waals surface area (Å²) in [6.45, 7) is 5.13. The van der Waals surface area contributed by atoms with Crippen molar-refractivity contribution >= 4 is 23.1 Å². The van der Waals surface area contributed by atoms with E-state index in [1.807, 2.05) is 20.9 Å². The summed E-state index contributed by atoms with van der Waals surface area (Å²) in [5.74, 6) is -0.0346. The number of carbonyl (C=O) groups excluding carboxylic acids is 1. The van der Waals surface area contributed by atoms with Crippen molar-refractivity contribution in [2.75, 3.05) is 19.7 Å². The predicted molar refractivity (Wildman–Crippen MR) is 75.1 cm³/mol. The zero-order chi connectivity index (χ0) is 14.2. The quantitative estimate of drug-likeness (QED) is 0.783. The van der Waals surface area contributed by atoms with E-state index >= 15 is 0 Å². The zero-order valence-corrected chi connectivity index (χ0v) is 12.2. The molecule has 104 valence electrons. The molecule has 1 aromatic rings. The lowest BCUT2D eigenvalue weighted by Crippen LogP contribution is -2.50. The standard InChI is InChI=1S/C12H18N4O2S/c1-7-10(8(2)15(3)14-7)12(17)16-4-5-18-9(6-16)11(13)19/h9H,4-6H2,1-3H3,(H2,13,19). The van der Waals surface area contributed by atoms with Gasteiger partial charge in [-0.2, -0.15) is 5.10 Å². The summed E-state index contributed by atoms with van der Waals surface area (Å²) >= 11 is 4.93. The maximum atomic E-state index is 12.6. The highest BCUT2D eigenvalue weighted by molar-refractivity contribution is 7.80. The third-order valence-corrected chi connectivity index (χ3v) is 3.66. The smallest absolute Gasteiger partial charge is 0.257 e. The number of carbonyl (C=O) groups is 1. The third-order valence-electron chi connectivity index (χ3n) is 3.39. The van der Waals surface area contributed by atoms with Gasteiger partial charge in [0.2, 0.25) is 0 Å². The lowest BCUT2D eigenvalue weighted by Gasteiger charge is -2.32. The van der Waals surface area contributed by atoms with Gasteiger partial charge in [0.05, 0.1) is 24.4 Å². The number of nitrogens with two attached hydrogens (primary N) is 1. The van der Waals surface area contributed by atoms with Gasteiger partial charge in [0, 0.05) is 19.3 Å². The number of aryl methyl sites for hydroxylation is 2. The Kier molecular flexibility index (Phi) is 3.86. The van der Waals surface area contributed by atoms with E-state index in [-0.39, 0.29) is 17.0 Å². The highest BCUT2D eigenvalue weighted by atomic mass is 32.1. The normalized spacial score (nSPS) is 19.5. The molecule has 1 fully saturated rings. The topological polar surface area (TPSA) is 73.4 Å². The molecule has 0 aliphatic carbocycles. The van der Waals surface area contributed by atoms with Gasteiger partial charge in [0.25, 0.3) is 5.91 Å². The van der Waals surface area contributed by atoms with E-state index < -0.39 is 0 Å². The molecule has 2 N–H and O–H groups in total. The second kappa shape index (κ2) is 5.26. The van der Waals surface area contributed by atoms with Crippen LogP contribution in [0, 0.1) is 13.8 Å². The molecule has 1 atom stereocenters. The summed E-state index contributed by atoms with van der Waals surface area (Å²) in [6.07, 6.45) is -0.356. The predicted octanol–water partition coefficient (Wildman–Crippen LogP) is 0.164. The van der Waals surface area contributed by atoms with Crippen LogP contribution in [0.1, 0.15) is 21.7 Å². The fourth-order valence-electron chi connectivity index (χ4n) is 2.25. The molecule has 1 amide bonds. The maximum Gasteiger partial charge on any atom is 0.257 e. The van der Waals surface area contributed by atoms with E-state index in [1.165, 1.54) is 0 Å². The second-order valence-electron chi connectivity index (χ2n) is 4.68. The molecule has 1 aromatic heterocycles. The van der Waals surface area contributed by atoms with Gasteiger partial charge in [-0.15, -0.1) is 0 Å². The SMILES string of the molecule is Cc1nn(C)c(C)c1C(=O)N1CCOC(C(N)=S)C1. The lowest BCUT2D eigenvalue weighted by molar-refractivity contribution is 0.00870. The minimum Gasteiger partial charge on any atom is -0.391 e. The molecule has 1 unspecified atom stereocenters. The van der Waals surface area contributed by atoms with Crippen molar-refractivity contribution in [1.29, 1.82) is 0 Å². The summed E-state index contributed by atoms with van der Waals surface area (Å²) in [4.78, 5) is 14.6. The molecule has 6 nitrogen and oxygen atoms in total. The Morgan fingerprint density at radius 2 is 2.21 bits per heavy atom. The van der Waals surface area contributed by atoms with Gasteiger partial charge < -0.3 is 15.4 Å². The van der Waals surface area contributed by atoms with Crippen LogP contribution in [0.25, 0.3) is 0 Å². The van der Waals surface area contributed by atoms with Crippen LogP contribution in [0.3, 0.4) is 0 Å². The van der Waals surface area contributed by atoms with Crippen LogP contribution < -0.4 is 5.73 Å². The monoisotopic (exact) mass is 282 g/mol. The number of amides is 1. The first-order chi connectivity index (χ1) is 8.91. The maximum absolute atomic E-state index is 12.6. The Morgan fingerprint density at radius 3 is 2.74 bits per heavy atom. The van der Waals surface area contributed by atoms with Crippen LogP contribution in [0.5, 0.6) is 0 Å². The van der Waals surface area contributed by atoms with Crippen LogP contribution in [0.4, 0.5) is 0 Å². The van der Waals surface area contributed by atoms with Gasteiger partial charge in [-0.3, -0.25) is 9.48 Å². The number of hydrogen-bond acceptors (Lipinski definition) is 4. The molecule has 0 aromatic carbocycles. The Morgan fingerprint density at radius 1 is 1.53 bits per heavy atom. The first-order valence-corrected chi connectivity index (χ1v) is 6.53. The zero-order valence-electron chi connectivity index (χ0n) is 11.3. The van der Waals surface area contributed by atoms with E-state index in [0.717, 1.165) is 11.4 Å². The Balaban J connectivity index is 2.22. The molecule has 7 heteroatoms. The highest BCUT2D eigenvalue weighted by Crippen LogP contribution is 2.17. The molecular weight excluding hydrogens is 264 g/mol. The molecule has 1 saturated heterocycles. The number of ether oxygens (including phenoxy) is 1. The van der Waals surface area contributed by atoms with Crippen molar-refractivity contribution in [2.24, 2.45) is 12.8 Å². The van der Waals surface area contributed by atoms with Gasteiger partial charge in [-0.1, -0.05) is 12.2 Å². The van der Waals surface area contributed by atoms with Gasteiger partial charge in [0.1, 0.15) is 11.1 Å². The first kappa shape index (κ1) is 14.0. The van der Waals surface area contributed by atoms with Gasteiger partial charge in [-0.05, 0) is 13.8 Å². The molecule has 2 heterocycles. The summed E-state index contributed by atoms with van der Waals surface area (Å²) in [5, 5.41) is 4.27. The van der Waals surface area contributed by atoms with E-state index in [1.54, 1.807) is 9.58 Å². The molecule has 1 aliphatic rings. The van der Waals surface area contributed by atoms with Crippen molar-refractivity contribution in [3.05, 3.63) is 17.0 Å². The first-order valence-electron chi connectivity index (χ1n) is 6.12. The van der Waals surface area contributed by atoms with Crippen molar-refractivity contribution in [3.8, 4) is 0 Å². The average molecular weight is 282 g/mol. The van der Waals surface area contributed by atoms with Crippen molar-refractivity contribution in [2.45, 2.75) is 20.0 Å². The summed E-state index contributed by atoms with van der Waals surface area (Å²) in [6, 6.07) is 0. The summed E-state index contributed by atoms with van der Waals surface area (Å²) in [7, 11) is 1.83. The number of aromatic nitrogens is 2. The fourth-order valence-corrected chi connectivity index (χ4v) is 2.39. The van der Waals surface area contributed by atoms with Crippen molar-refractivity contribution in [3.63, 3.8) is 0 Å². The molecule has 0 radical (unpaired) electrons. The second-order valence-corrected chi connectivity index (χ2v) is 5.15. The molecule has 2 rings (SSSR count). The van der Waals surface area contributed by atoms with Crippen LogP contribution >= 0.6 is 12.2 Å². The Labute approximate surface area is 117 Å². The van der Waals surface area contributed by atoms with E-state index in [9.17, 15) is 4.79 Å². The third kappa shape index (κ3) is 2.62. The average Bonchev–Trinajstić information content (AvgIpc) is 2.62. The van der Waals surface area contributed by atoms with Gasteiger partial charge in [0.15, 0.2) is 0 Å².